The summed E-state index contributed by atoms with van der Waals surface area (Å²) in [5, 5.41) is 3.52. The molecule has 6 aliphatic heterocycles. The Labute approximate surface area is 287 Å². The van der Waals surface area contributed by atoms with E-state index in [-0.39, 0.29) is 5.54 Å². The van der Waals surface area contributed by atoms with Crippen molar-refractivity contribution in [1.82, 2.24) is 0 Å². The van der Waals surface area contributed by atoms with Gasteiger partial charge in [0.25, 0.3) is 0 Å². The zero-order chi connectivity index (χ0) is 32.5. The SMILES string of the molecule is CC(C)(C)N=P(N=c1c(N2CCCC2)c1N1CCCC1)(N=c1c(N2CCCC2)c1N1CCCC1)N=c1c(N2CCCC2)c1N1CCCC1. The Kier molecular flexibility index (Phi) is 7.97. The molecule has 9 rings (SSSR count). The van der Waals surface area contributed by atoms with Gasteiger partial charge in [-0.3, -0.25) is 0 Å². The molecule has 260 valence electrons. The van der Waals surface area contributed by atoms with Crippen LogP contribution in [0.5, 0.6) is 0 Å². The van der Waals surface area contributed by atoms with Crippen molar-refractivity contribution in [3.63, 3.8) is 0 Å². The van der Waals surface area contributed by atoms with Gasteiger partial charge in [-0.25, -0.2) is 19.0 Å². The molecule has 0 N–H and O–H groups in total. The Morgan fingerprint density at radius 3 is 0.708 bits per heavy atom. The van der Waals surface area contributed by atoms with Gasteiger partial charge in [0.1, 0.15) is 16.1 Å². The van der Waals surface area contributed by atoms with Crippen molar-refractivity contribution in [2.45, 2.75) is 103 Å². The fourth-order valence-corrected chi connectivity index (χ4v) is 11.6. The normalized spacial score (nSPS) is 22.7. The minimum absolute atomic E-state index is 0.324. The lowest BCUT2D eigenvalue weighted by Crippen LogP contribution is -2.18. The third kappa shape index (κ3) is 5.92. The molecule has 11 heteroatoms. The van der Waals surface area contributed by atoms with Gasteiger partial charge in [0.2, 0.25) is 0 Å². The number of anilines is 6. The van der Waals surface area contributed by atoms with Crippen LogP contribution in [0, 0.1) is 0 Å². The molecule has 0 unspecified atom stereocenters. The average Bonchev–Trinajstić information content (AvgIpc) is 3.72. The topological polar surface area (TPSA) is 68.9 Å². The van der Waals surface area contributed by atoms with Crippen molar-refractivity contribution in [3.05, 3.63) is 16.1 Å². The van der Waals surface area contributed by atoms with Gasteiger partial charge in [-0.15, -0.1) is 0 Å². The number of rotatable bonds is 9. The van der Waals surface area contributed by atoms with Gasteiger partial charge in [-0.2, -0.15) is 0 Å². The van der Waals surface area contributed by atoms with Crippen LogP contribution in [0.15, 0.2) is 19.0 Å². The molecule has 0 aliphatic carbocycles. The van der Waals surface area contributed by atoms with Gasteiger partial charge in [0, 0.05) is 78.5 Å². The molecule has 6 aliphatic rings. The maximum Gasteiger partial charge on any atom is 0.302 e. The maximum atomic E-state index is 5.86. The van der Waals surface area contributed by atoms with Crippen molar-refractivity contribution < 1.29 is 0 Å². The first-order valence-electron chi connectivity index (χ1n) is 19.6. The van der Waals surface area contributed by atoms with Crippen LogP contribution < -0.4 is 45.5 Å². The second kappa shape index (κ2) is 12.2. The molecule has 0 saturated carbocycles. The predicted octanol–water partition coefficient (Wildman–Crippen LogP) is 5.76. The fraction of sp³-hybridized carbons (Fsp3) is 0.757. The summed E-state index contributed by atoms with van der Waals surface area (Å²) in [6.45, 7) is 20.3. The molecule has 6 heterocycles. The standard InChI is InChI=1S/C37H57N10P/c1-37(2,3)41-48(38-28-31(42-16-4-5-17-42)32(28)43-18-6-7-19-43,39-29-33(44-20-8-9-21-44)34(29)45-22-10-11-23-45)40-30-35(46-24-12-13-25-46)36(30)47-26-14-15-27-47/h4-27H2,1-3H3. The van der Waals surface area contributed by atoms with Crippen molar-refractivity contribution in [2.24, 2.45) is 19.0 Å². The van der Waals surface area contributed by atoms with E-state index in [0.717, 1.165) is 78.5 Å². The van der Waals surface area contributed by atoms with Crippen molar-refractivity contribution in [2.75, 3.05) is 108 Å². The Morgan fingerprint density at radius 1 is 0.354 bits per heavy atom. The summed E-state index contributed by atoms with van der Waals surface area (Å²) in [4.78, 5) is 15.7. The van der Waals surface area contributed by atoms with Gasteiger partial charge in [0.15, 0.2) is 0 Å². The molecule has 10 nitrogen and oxygen atoms in total. The molecule has 0 spiro atoms. The summed E-state index contributed by atoms with van der Waals surface area (Å²) in [5.74, 6) is 0. The summed E-state index contributed by atoms with van der Waals surface area (Å²) in [6, 6.07) is 0. The highest BCUT2D eigenvalue weighted by molar-refractivity contribution is 7.62. The molecular formula is C37H57N10P. The molecule has 48 heavy (non-hydrogen) atoms. The summed E-state index contributed by atoms with van der Waals surface area (Å²) >= 11 is 0. The first-order valence-corrected chi connectivity index (χ1v) is 21.2. The van der Waals surface area contributed by atoms with E-state index < -0.39 is 7.51 Å². The Balaban J connectivity index is 1.27. The smallest absolute Gasteiger partial charge is 0.302 e. The monoisotopic (exact) mass is 672 g/mol. The number of hydrogen-bond donors (Lipinski definition) is 0. The molecule has 0 bridgehead atoms. The zero-order valence-electron chi connectivity index (χ0n) is 29.9. The first kappa shape index (κ1) is 31.3. The minimum atomic E-state index is -2.96. The molecule has 6 fully saturated rings. The van der Waals surface area contributed by atoms with Crippen LogP contribution >= 0.6 is 7.51 Å². The van der Waals surface area contributed by atoms with Crippen LogP contribution in [0.25, 0.3) is 0 Å². The van der Waals surface area contributed by atoms with Crippen molar-refractivity contribution >= 4 is 41.6 Å². The van der Waals surface area contributed by atoms with E-state index >= 15 is 0 Å². The third-order valence-electron chi connectivity index (χ3n) is 11.5. The second-order valence-electron chi connectivity index (χ2n) is 16.4. The lowest BCUT2D eigenvalue weighted by atomic mass is 10.1. The zero-order valence-corrected chi connectivity index (χ0v) is 30.8. The van der Waals surface area contributed by atoms with Gasteiger partial charge in [-0.1, -0.05) is 0 Å². The van der Waals surface area contributed by atoms with Crippen LogP contribution in [0.3, 0.4) is 0 Å². The lowest BCUT2D eigenvalue weighted by molar-refractivity contribution is 0.589. The van der Waals surface area contributed by atoms with Crippen LogP contribution in [0.2, 0.25) is 0 Å². The highest BCUT2D eigenvalue weighted by Crippen LogP contribution is 2.59. The molecular weight excluding hydrogens is 615 g/mol. The van der Waals surface area contributed by atoms with Crippen LogP contribution in [0.4, 0.5) is 34.1 Å². The summed E-state index contributed by atoms with van der Waals surface area (Å²) in [6.07, 6.45) is 15.2. The molecule has 0 aromatic heterocycles. The number of hydrogen-bond acceptors (Lipinski definition) is 7. The van der Waals surface area contributed by atoms with E-state index in [1.165, 1.54) is 127 Å². The highest BCUT2D eigenvalue weighted by Gasteiger charge is 2.40. The predicted molar refractivity (Wildman–Crippen MR) is 201 cm³/mol. The quantitative estimate of drug-likeness (QED) is 0.270. The molecule has 6 saturated heterocycles. The van der Waals surface area contributed by atoms with Gasteiger partial charge >= 0.3 is 7.51 Å². The van der Waals surface area contributed by atoms with E-state index in [0.29, 0.717) is 0 Å². The van der Waals surface area contributed by atoms with Crippen molar-refractivity contribution in [3.8, 4) is 0 Å². The Morgan fingerprint density at radius 2 is 0.542 bits per heavy atom. The van der Waals surface area contributed by atoms with Crippen molar-refractivity contribution in [1.29, 1.82) is 0 Å². The minimum Gasteiger partial charge on any atom is -0.368 e. The Bertz CT molecular complexity index is 1440. The second-order valence-corrected chi connectivity index (χ2v) is 18.3. The maximum absolute atomic E-state index is 5.86. The van der Waals surface area contributed by atoms with Crippen LogP contribution in [-0.4, -0.2) is 84.1 Å². The van der Waals surface area contributed by atoms with Crippen LogP contribution in [0.1, 0.15) is 97.8 Å². The highest BCUT2D eigenvalue weighted by atomic mass is 31.2. The molecule has 3 aromatic carbocycles. The largest absolute Gasteiger partial charge is 0.368 e. The number of nitrogens with zero attached hydrogens (tertiary/aromatic N) is 10. The Hall–Kier alpha value is -2.74. The van der Waals surface area contributed by atoms with Gasteiger partial charge in [0.05, 0.1) is 39.7 Å². The molecule has 3 aromatic rings. The van der Waals surface area contributed by atoms with Crippen LogP contribution in [-0.2, 0) is 0 Å². The summed E-state index contributed by atoms with van der Waals surface area (Å²) in [5.41, 5.74) is 7.98. The van der Waals surface area contributed by atoms with E-state index in [2.05, 4.69) is 50.2 Å². The fourth-order valence-electron chi connectivity index (χ4n) is 9.14. The molecule has 0 atom stereocenters. The van der Waals surface area contributed by atoms with Gasteiger partial charge < -0.3 is 29.4 Å². The first-order chi connectivity index (χ1) is 23.4. The van der Waals surface area contributed by atoms with E-state index in [9.17, 15) is 0 Å². The van der Waals surface area contributed by atoms with E-state index in [1.54, 1.807) is 0 Å². The summed E-state index contributed by atoms with van der Waals surface area (Å²) < 4.78 is 23.3. The lowest BCUT2D eigenvalue weighted by Gasteiger charge is -2.18. The average molecular weight is 673 g/mol. The molecule has 0 radical (unpaired) electrons. The van der Waals surface area contributed by atoms with E-state index in [4.69, 9.17) is 19.0 Å². The third-order valence-corrected chi connectivity index (χ3v) is 13.8. The molecule has 0 amide bonds. The van der Waals surface area contributed by atoms with Gasteiger partial charge in [-0.05, 0) is 97.8 Å². The van der Waals surface area contributed by atoms with E-state index in [1.807, 2.05) is 0 Å². The summed E-state index contributed by atoms with van der Waals surface area (Å²) in [7, 11) is -2.96.